The van der Waals surface area contributed by atoms with Crippen molar-refractivity contribution in [1.29, 1.82) is 0 Å². The molecule has 0 aliphatic carbocycles. The summed E-state index contributed by atoms with van der Waals surface area (Å²) in [6.45, 7) is 4.10. The molecule has 1 aromatic heterocycles. The number of aromatic nitrogens is 2. The van der Waals surface area contributed by atoms with Crippen molar-refractivity contribution in [2.24, 2.45) is 0 Å². The molecule has 0 unspecified atom stereocenters. The molecule has 0 saturated carbocycles. The van der Waals surface area contributed by atoms with Crippen LogP contribution in [0.4, 0.5) is 19.0 Å². The molecule has 3 aromatic rings. The number of amides is 1. The summed E-state index contributed by atoms with van der Waals surface area (Å²) in [6, 6.07) is 4.83. The molecule has 1 saturated heterocycles. The molecule has 37 heavy (non-hydrogen) atoms. The van der Waals surface area contributed by atoms with Gasteiger partial charge in [0.1, 0.15) is 17.4 Å². The summed E-state index contributed by atoms with van der Waals surface area (Å²) in [6.07, 6.45) is 1.27. The van der Waals surface area contributed by atoms with Crippen LogP contribution in [0.1, 0.15) is 6.92 Å². The molecular weight excluding hydrogens is 529 g/mol. The second-order valence-electron chi connectivity index (χ2n) is 8.73. The molecule has 0 bridgehead atoms. The van der Waals surface area contributed by atoms with Gasteiger partial charge in [-0.25, -0.2) is 9.18 Å². The molecule has 2 aliphatic rings. The third-order valence-electron chi connectivity index (χ3n) is 6.53. The van der Waals surface area contributed by atoms with E-state index >= 15 is 4.39 Å². The minimum Gasteiger partial charge on any atom is -0.435 e. The molecule has 194 valence electrons. The lowest BCUT2D eigenvalue weighted by Gasteiger charge is -2.40. The Labute approximate surface area is 219 Å². The number of anilines is 1. The topological polar surface area (TPSA) is 67.7 Å². The van der Waals surface area contributed by atoms with Gasteiger partial charge in [-0.2, -0.15) is 13.8 Å². The summed E-state index contributed by atoms with van der Waals surface area (Å²) in [7, 11) is 0. The highest BCUT2D eigenvalue weighted by Crippen LogP contribution is 2.47. The van der Waals surface area contributed by atoms with E-state index in [4.69, 9.17) is 11.6 Å². The molecule has 5 rings (SSSR count). The third kappa shape index (κ3) is 4.54. The van der Waals surface area contributed by atoms with E-state index in [9.17, 15) is 18.4 Å². The van der Waals surface area contributed by atoms with Crippen LogP contribution in [0.25, 0.3) is 22.0 Å². The Morgan fingerprint density at radius 1 is 1.30 bits per heavy atom. The lowest BCUT2D eigenvalue weighted by molar-refractivity contribution is -0.126. The van der Waals surface area contributed by atoms with Crippen LogP contribution in [0.2, 0.25) is 5.02 Å². The maximum absolute atomic E-state index is 15.0. The predicted molar refractivity (Wildman–Crippen MR) is 137 cm³/mol. The second kappa shape index (κ2) is 9.94. The zero-order valence-electron chi connectivity index (χ0n) is 19.7. The highest BCUT2D eigenvalue weighted by Gasteiger charge is 2.31. The van der Waals surface area contributed by atoms with Crippen molar-refractivity contribution in [1.82, 2.24) is 14.5 Å². The minimum absolute atomic E-state index is 0.00303. The molecule has 3 heterocycles. The van der Waals surface area contributed by atoms with Gasteiger partial charge in [-0.15, -0.1) is 11.8 Å². The smallest absolute Gasteiger partial charge is 0.387 e. The number of carbonyl (C=O) groups excluding carboxylic acids is 1. The Kier molecular flexibility index (Phi) is 6.84. The van der Waals surface area contributed by atoms with Gasteiger partial charge in [0.2, 0.25) is 5.91 Å². The van der Waals surface area contributed by atoms with Crippen molar-refractivity contribution in [3.05, 3.63) is 58.2 Å². The monoisotopic (exact) mass is 550 g/mol. The SMILES string of the molecule is C=CC(=O)N1CCN(c2nc(=O)n3c4c(c(-c5cc(OC(F)F)ccc5F)c(Cl)cc24)SCC3)[C@@H](C)C1. The molecular formula is C25H22ClF3N4O3S. The van der Waals surface area contributed by atoms with Crippen molar-refractivity contribution in [3.63, 3.8) is 0 Å². The predicted octanol–water partition coefficient (Wildman–Crippen LogP) is 4.79. The van der Waals surface area contributed by atoms with Gasteiger partial charge in [-0.3, -0.25) is 9.36 Å². The van der Waals surface area contributed by atoms with Crippen molar-refractivity contribution >= 4 is 46.0 Å². The number of hydrogen-bond donors (Lipinski definition) is 0. The van der Waals surface area contributed by atoms with E-state index in [0.29, 0.717) is 59.1 Å². The number of benzene rings is 2. The molecule has 12 heteroatoms. The van der Waals surface area contributed by atoms with Gasteiger partial charge in [0.25, 0.3) is 0 Å². The summed E-state index contributed by atoms with van der Waals surface area (Å²) in [4.78, 5) is 33.8. The molecule has 0 N–H and O–H groups in total. The highest BCUT2D eigenvalue weighted by atomic mass is 35.5. The second-order valence-corrected chi connectivity index (χ2v) is 10.2. The van der Waals surface area contributed by atoms with Crippen molar-refractivity contribution < 1.29 is 22.7 Å². The number of piperazine rings is 1. The Hall–Kier alpha value is -3.18. The van der Waals surface area contributed by atoms with Crippen LogP contribution in [0, 0.1) is 5.82 Å². The van der Waals surface area contributed by atoms with Crippen LogP contribution in [0.3, 0.4) is 0 Å². The standard InChI is InChI=1S/C25H22ClF3N4O3S/c1-3-19(34)31-6-7-32(13(2)12-31)23-16-11-17(26)20(15-10-14(36-24(28)29)4-5-18(15)27)22-21(16)33(8-9-37-22)25(35)30-23/h3-5,10-11,13,24H,1,6-9,12H2,2H3/t13-/m0/s1. The molecule has 2 aliphatic heterocycles. The van der Waals surface area contributed by atoms with E-state index in [2.05, 4.69) is 16.3 Å². The summed E-state index contributed by atoms with van der Waals surface area (Å²) >= 11 is 8.14. The fourth-order valence-electron chi connectivity index (χ4n) is 4.89. The van der Waals surface area contributed by atoms with Gasteiger partial charge in [-0.1, -0.05) is 18.2 Å². The van der Waals surface area contributed by atoms with Gasteiger partial charge in [0, 0.05) is 59.4 Å². The maximum Gasteiger partial charge on any atom is 0.387 e. The van der Waals surface area contributed by atoms with Crippen LogP contribution in [-0.2, 0) is 11.3 Å². The van der Waals surface area contributed by atoms with Gasteiger partial charge in [0.15, 0.2) is 0 Å². The number of ether oxygens (including phenoxy) is 1. The summed E-state index contributed by atoms with van der Waals surface area (Å²) in [5.41, 5.74) is 0.402. The normalized spacial score (nSPS) is 17.4. The fourth-order valence-corrected chi connectivity index (χ4v) is 6.45. The van der Waals surface area contributed by atoms with Crippen molar-refractivity contribution in [3.8, 4) is 16.9 Å². The average molecular weight is 551 g/mol. The zero-order chi connectivity index (χ0) is 26.4. The number of alkyl halides is 2. The van der Waals surface area contributed by atoms with Crippen molar-refractivity contribution in [2.75, 3.05) is 30.3 Å². The number of thioether (sulfide) groups is 1. The highest BCUT2D eigenvalue weighted by molar-refractivity contribution is 7.99. The maximum atomic E-state index is 15.0. The molecule has 0 radical (unpaired) electrons. The van der Waals surface area contributed by atoms with Gasteiger partial charge < -0.3 is 14.5 Å². The largest absolute Gasteiger partial charge is 0.435 e. The molecule has 1 amide bonds. The molecule has 7 nitrogen and oxygen atoms in total. The first-order valence-corrected chi connectivity index (χ1v) is 12.9. The summed E-state index contributed by atoms with van der Waals surface area (Å²) in [5.74, 6) is -0.0824. The number of carbonyl (C=O) groups is 1. The van der Waals surface area contributed by atoms with E-state index in [-0.39, 0.29) is 28.3 Å². The summed E-state index contributed by atoms with van der Waals surface area (Å²) < 4.78 is 46.6. The Morgan fingerprint density at radius 2 is 2.08 bits per heavy atom. The number of aryl methyl sites for hydroxylation is 1. The van der Waals surface area contributed by atoms with Gasteiger partial charge in [-0.05, 0) is 37.3 Å². The molecule has 1 atom stereocenters. The number of nitrogens with zero attached hydrogens (tertiary/aromatic N) is 4. The van der Waals surface area contributed by atoms with E-state index in [1.807, 2.05) is 11.8 Å². The lowest BCUT2D eigenvalue weighted by Crippen LogP contribution is -2.54. The van der Waals surface area contributed by atoms with E-state index < -0.39 is 18.1 Å². The molecule has 0 spiro atoms. The third-order valence-corrected chi connectivity index (χ3v) is 7.90. The quantitative estimate of drug-likeness (QED) is 0.426. The Balaban J connectivity index is 1.69. The Morgan fingerprint density at radius 3 is 2.78 bits per heavy atom. The molecule has 1 fully saturated rings. The van der Waals surface area contributed by atoms with Crippen LogP contribution in [0.5, 0.6) is 5.75 Å². The molecule has 2 aromatic carbocycles. The fraction of sp³-hybridized carbons (Fsp3) is 0.320. The first-order valence-electron chi connectivity index (χ1n) is 11.5. The van der Waals surface area contributed by atoms with Gasteiger partial charge in [0.05, 0.1) is 10.5 Å². The number of hydrogen-bond acceptors (Lipinski definition) is 6. The van der Waals surface area contributed by atoms with Crippen LogP contribution in [-0.4, -0.2) is 58.4 Å². The van der Waals surface area contributed by atoms with Crippen LogP contribution < -0.4 is 15.3 Å². The minimum atomic E-state index is -3.07. The average Bonchev–Trinajstić information content (AvgIpc) is 2.86. The lowest BCUT2D eigenvalue weighted by atomic mass is 10.0. The van der Waals surface area contributed by atoms with E-state index in [1.54, 1.807) is 11.0 Å². The number of halogens is 4. The van der Waals surface area contributed by atoms with Gasteiger partial charge >= 0.3 is 12.3 Å². The first kappa shape index (κ1) is 25.5. The zero-order valence-corrected chi connectivity index (χ0v) is 21.3. The Bertz CT molecular complexity index is 1480. The number of rotatable bonds is 5. The van der Waals surface area contributed by atoms with Crippen LogP contribution in [0.15, 0.2) is 46.6 Å². The van der Waals surface area contributed by atoms with Crippen LogP contribution >= 0.6 is 23.4 Å². The first-order chi connectivity index (χ1) is 17.7. The summed E-state index contributed by atoms with van der Waals surface area (Å²) in [5, 5.41) is 0.803. The van der Waals surface area contributed by atoms with Crippen molar-refractivity contribution in [2.45, 2.75) is 31.0 Å². The van der Waals surface area contributed by atoms with E-state index in [1.165, 1.54) is 28.5 Å². The van der Waals surface area contributed by atoms with E-state index in [0.717, 1.165) is 12.1 Å².